The molecule has 3 rings (SSSR count). The molecule has 0 saturated heterocycles. The van der Waals surface area contributed by atoms with E-state index in [4.69, 9.17) is 10.00 Å². The van der Waals surface area contributed by atoms with E-state index in [-0.39, 0.29) is 0 Å². The molecule has 0 aliphatic carbocycles. The standard InChI is InChI=1S/C17H17N3O2S/c1-10-7-13(9-18)8-11(2)15(10)22-17-16-14(19-12(3)20-17)5-4-6-23(16)21/h7-8H,4-6H2,1-3H3. The smallest absolute Gasteiger partial charge is 0.239 e. The van der Waals surface area contributed by atoms with Crippen molar-refractivity contribution < 1.29 is 8.95 Å². The molecule has 0 spiro atoms. The molecule has 6 heteroatoms. The van der Waals surface area contributed by atoms with Crippen LogP contribution >= 0.6 is 0 Å². The number of rotatable bonds is 2. The molecule has 1 aromatic heterocycles. The highest BCUT2D eigenvalue weighted by Gasteiger charge is 2.25. The van der Waals surface area contributed by atoms with Crippen LogP contribution in [-0.4, -0.2) is 19.9 Å². The summed E-state index contributed by atoms with van der Waals surface area (Å²) in [4.78, 5) is 9.39. The van der Waals surface area contributed by atoms with Gasteiger partial charge in [0, 0.05) is 5.75 Å². The maximum atomic E-state index is 12.4. The molecule has 23 heavy (non-hydrogen) atoms. The minimum atomic E-state index is -1.13. The van der Waals surface area contributed by atoms with Gasteiger partial charge >= 0.3 is 0 Å². The molecule has 2 heterocycles. The van der Waals surface area contributed by atoms with Crippen molar-refractivity contribution in [2.24, 2.45) is 0 Å². The van der Waals surface area contributed by atoms with Gasteiger partial charge in [-0.1, -0.05) is 0 Å². The maximum absolute atomic E-state index is 12.4. The first-order valence-corrected chi connectivity index (χ1v) is 8.76. The van der Waals surface area contributed by atoms with Crippen LogP contribution < -0.4 is 4.74 Å². The zero-order valence-electron chi connectivity index (χ0n) is 13.3. The SMILES string of the molecule is Cc1nc2c(c(Oc3c(C)cc(C#N)cc3C)n1)S(=O)CCC2. The van der Waals surface area contributed by atoms with Crippen molar-refractivity contribution in [1.82, 2.24) is 9.97 Å². The van der Waals surface area contributed by atoms with Gasteiger partial charge in [0.2, 0.25) is 5.88 Å². The van der Waals surface area contributed by atoms with Gasteiger partial charge in [-0.25, -0.2) is 4.98 Å². The molecule has 5 nitrogen and oxygen atoms in total. The Bertz CT molecular complexity index is 833. The number of aromatic nitrogens is 2. The van der Waals surface area contributed by atoms with Crippen molar-refractivity contribution in [3.8, 4) is 17.7 Å². The second kappa shape index (κ2) is 6.09. The maximum Gasteiger partial charge on any atom is 0.239 e. The van der Waals surface area contributed by atoms with Crippen LogP contribution in [0.15, 0.2) is 17.0 Å². The lowest BCUT2D eigenvalue weighted by Crippen LogP contribution is -2.15. The minimum absolute atomic E-state index is 0.376. The monoisotopic (exact) mass is 327 g/mol. The zero-order chi connectivity index (χ0) is 16.6. The summed E-state index contributed by atoms with van der Waals surface area (Å²) in [7, 11) is -1.13. The normalized spacial score (nSPS) is 16.5. The summed E-state index contributed by atoms with van der Waals surface area (Å²) in [5.41, 5.74) is 3.12. The van der Waals surface area contributed by atoms with E-state index >= 15 is 0 Å². The highest BCUT2D eigenvalue weighted by atomic mass is 32.2. The molecule has 2 aromatic rings. The average molecular weight is 327 g/mol. The second-order valence-corrected chi connectivity index (χ2v) is 7.17. The van der Waals surface area contributed by atoms with Crippen molar-refractivity contribution in [3.63, 3.8) is 0 Å². The predicted molar refractivity (Wildman–Crippen MR) is 87.1 cm³/mol. The molecule has 0 amide bonds. The second-order valence-electron chi connectivity index (χ2n) is 5.66. The molecular weight excluding hydrogens is 310 g/mol. The number of ether oxygens (including phenoxy) is 1. The Morgan fingerprint density at radius 3 is 2.57 bits per heavy atom. The number of hydrogen-bond donors (Lipinski definition) is 0. The fourth-order valence-electron chi connectivity index (χ4n) is 2.80. The number of nitriles is 1. The molecule has 118 valence electrons. The Morgan fingerprint density at radius 2 is 1.91 bits per heavy atom. The van der Waals surface area contributed by atoms with Gasteiger partial charge in [0.25, 0.3) is 0 Å². The van der Waals surface area contributed by atoms with Crippen LogP contribution in [0.1, 0.15) is 34.6 Å². The number of fused-ring (bicyclic) bond motifs is 1. The fraction of sp³-hybridized carbons (Fsp3) is 0.353. The van der Waals surface area contributed by atoms with E-state index in [0.29, 0.717) is 33.7 Å². The van der Waals surface area contributed by atoms with Crippen molar-refractivity contribution in [3.05, 3.63) is 40.3 Å². The van der Waals surface area contributed by atoms with Gasteiger partial charge in [-0.2, -0.15) is 10.2 Å². The Balaban J connectivity index is 2.10. The molecule has 0 bridgehead atoms. The van der Waals surface area contributed by atoms with Crippen molar-refractivity contribution in [1.29, 1.82) is 5.26 Å². The summed E-state index contributed by atoms with van der Waals surface area (Å²) < 4.78 is 18.4. The molecule has 0 saturated carbocycles. The van der Waals surface area contributed by atoms with Gasteiger partial charge in [0.05, 0.1) is 28.1 Å². The largest absolute Gasteiger partial charge is 0.437 e. The number of aryl methyl sites for hydroxylation is 4. The Morgan fingerprint density at radius 1 is 1.22 bits per heavy atom. The summed E-state index contributed by atoms with van der Waals surface area (Å²) in [6.07, 6.45) is 1.66. The van der Waals surface area contributed by atoms with Gasteiger partial charge in [-0.15, -0.1) is 0 Å². The lowest BCUT2D eigenvalue weighted by molar-refractivity contribution is 0.435. The van der Waals surface area contributed by atoms with E-state index < -0.39 is 10.8 Å². The number of hydrogen-bond acceptors (Lipinski definition) is 5. The average Bonchev–Trinajstić information content (AvgIpc) is 2.50. The first kappa shape index (κ1) is 15.6. The molecule has 1 aromatic carbocycles. The minimum Gasteiger partial charge on any atom is -0.437 e. The molecule has 0 fully saturated rings. The Labute approximate surface area is 137 Å². The van der Waals surface area contributed by atoms with Crippen LogP contribution in [0, 0.1) is 32.1 Å². The molecule has 1 aliphatic heterocycles. The van der Waals surface area contributed by atoms with Crippen molar-refractivity contribution >= 4 is 10.8 Å². The van der Waals surface area contributed by atoms with Crippen LogP contribution in [0.4, 0.5) is 0 Å². The van der Waals surface area contributed by atoms with Crippen molar-refractivity contribution in [2.75, 3.05) is 5.75 Å². The van der Waals surface area contributed by atoms with Crippen LogP contribution in [0.2, 0.25) is 0 Å². The van der Waals surface area contributed by atoms with Crippen LogP contribution in [-0.2, 0) is 17.2 Å². The van der Waals surface area contributed by atoms with Crippen LogP contribution in [0.25, 0.3) is 0 Å². The van der Waals surface area contributed by atoms with Crippen LogP contribution in [0.3, 0.4) is 0 Å². The molecule has 1 unspecified atom stereocenters. The highest BCUT2D eigenvalue weighted by Crippen LogP contribution is 2.34. The van der Waals surface area contributed by atoms with Gasteiger partial charge in [0.15, 0.2) is 0 Å². The van der Waals surface area contributed by atoms with E-state index in [9.17, 15) is 4.21 Å². The zero-order valence-corrected chi connectivity index (χ0v) is 14.2. The molecular formula is C17H17N3O2S. The summed E-state index contributed by atoms with van der Waals surface area (Å²) in [5.74, 6) is 2.26. The van der Waals surface area contributed by atoms with E-state index in [0.717, 1.165) is 29.7 Å². The van der Waals surface area contributed by atoms with Gasteiger partial charge in [0.1, 0.15) is 16.5 Å². The summed E-state index contributed by atoms with van der Waals surface area (Å²) >= 11 is 0. The lowest BCUT2D eigenvalue weighted by atomic mass is 10.1. The molecule has 0 radical (unpaired) electrons. The third kappa shape index (κ3) is 2.97. The lowest BCUT2D eigenvalue weighted by Gasteiger charge is -2.19. The van der Waals surface area contributed by atoms with Gasteiger partial charge in [-0.3, -0.25) is 4.21 Å². The first-order valence-electron chi connectivity index (χ1n) is 7.44. The molecule has 1 atom stereocenters. The molecule has 1 aliphatic rings. The predicted octanol–water partition coefficient (Wildman–Crippen LogP) is 3.12. The van der Waals surface area contributed by atoms with E-state index in [2.05, 4.69) is 16.0 Å². The van der Waals surface area contributed by atoms with E-state index in [1.807, 2.05) is 20.8 Å². The summed E-state index contributed by atoms with van der Waals surface area (Å²) in [6, 6.07) is 5.69. The van der Waals surface area contributed by atoms with Gasteiger partial charge in [-0.05, 0) is 56.9 Å². The summed E-state index contributed by atoms with van der Waals surface area (Å²) in [6.45, 7) is 5.59. The van der Waals surface area contributed by atoms with Crippen molar-refractivity contribution in [2.45, 2.75) is 38.5 Å². The summed E-state index contributed by atoms with van der Waals surface area (Å²) in [5, 5.41) is 9.04. The molecule has 0 N–H and O–H groups in total. The third-order valence-electron chi connectivity index (χ3n) is 3.78. The van der Waals surface area contributed by atoms with Crippen LogP contribution in [0.5, 0.6) is 11.6 Å². The Hall–Kier alpha value is -2.26. The van der Waals surface area contributed by atoms with E-state index in [1.54, 1.807) is 12.1 Å². The third-order valence-corrected chi connectivity index (χ3v) is 5.30. The number of benzene rings is 1. The number of nitrogens with zero attached hydrogens (tertiary/aromatic N) is 3. The topological polar surface area (TPSA) is 75.9 Å². The quantitative estimate of drug-likeness (QED) is 0.847. The van der Waals surface area contributed by atoms with Gasteiger partial charge < -0.3 is 4.74 Å². The van der Waals surface area contributed by atoms with E-state index in [1.165, 1.54) is 0 Å². The Kier molecular flexibility index (Phi) is 4.14. The fourth-order valence-corrected chi connectivity index (χ4v) is 4.11. The first-order chi connectivity index (χ1) is 11.0. The highest BCUT2D eigenvalue weighted by molar-refractivity contribution is 7.85.